The molecule has 15 heavy (non-hydrogen) atoms. The number of hydrogen-bond donors (Lipinski definition) is 0. The normalized spacial score (nSPS) is 28.3. The minimum atomic E-state index is -1.50. The van der Waals surface area contributed by atoms with Crippen LogP contribution in [0, 0.1) is 0 Å². The Bertz CT molecular complexity index is 265. The number of methoxy groups -OCH3 is 1. The minimum absolute atomic E-state index is 1.04. The molecule has 1 saturated heterocycles. The number of hydrogen-bond acceptors (Lipinski definition) is 4. The molecule has 1 atom stereocenters. The van der Waals surface area contributed by atoms with Crippen molar-refractivity contribution < 1.29 is 19.1 Å². The summed E-state index contributed by atoms with van der Waals surface area (Å²) in [5.74, 6) is 1.46. The Morgan fingerprint density at radius 2 is 2.07 bits per heavy atom. The number of carbonyl (C=O) groups is 1. The predicted molar refractivity (Wildman–Crippen MR) is 54.5 cm³/mol. The van der Waals surface area contributed by atoms with E-state index in [0.717, 1.165) is 13.7 Å². The van der Waals surface area contributed by atoms with Crippen LogP contribution in [-0.4, -0.2) is 50.3 Å². The lowest BCUT2D eigenvalue weighted by Gasteiger charge is -2.31. The molecule has 5 heteroatoms. The first-order chi connectivity index (χ1) is 7.08. The van der Waals surface area contributed by atoms with Gasteiger partial charge in [0.05, 0.1) is 20.1 Å². The molecule has 0 bridgehead atoms. The number of nitrogens with zero attached hydrogens (tertiary/aromatic N) is 2. The molecule has 1 unspecified atom stereocenters. The maximum Gasteiger partial charge on any atom is 0.251 e. The van der Waals surface area contributed by atoms with Gasteiger partial charge in [-0.25, -0.2) is 4.99 Å². The van der Waals surface area contributed by atoms with Gasteiger partial charge in [-0.05, 0) is 0 Å². The summed E-state index contributed by atoms with van der Waals surface area (Å²) in [6.45, 7) is 3.75. The van der Waals surface area contributed by atoms with Gasteiger partial charge in [0.1, 0.15) is 0 Å². The average Bonchev–Trinajstić information content (AvgIpc) is 2.60. The zero-order valence-electron chi connectivity index (χ0n) is 9.36. The van der Waals surface area contributed by atoms with Crippen LogP contribution in [0.4, 0.5) is 4.79 Å². The summed E-state index contributed by atoms with van der Waals surface area (Å²) in [4.78, 5) is 13.6. The lowest BCUT2D eigenvalue weighted by atomic mass is 10.3. The van der Waals surface area contributed by atoms with Gasteiger partial charge in [-0.1, -0.05) is 0 Å². The van der Waals surface area contributed by atoms with E-state index in [-0.39, 0.29) is 0 Å². The number of fused-ring (bicyclic) bond motifs is 1. The summed E-state index contributed by atoms with van der Waals surface area (Å²) in [7, 11) is 3.36. The highest BCUT2D eigenvalue weighted by Crippen LogP contribution is 2.22. The van der Waals surface area contributed by atoms with E-state index in [2.05, 4.69) is 16.8 Å². The summed E-state index contributed by atoms with van der Waals surface area (Å²) in [5.41, 5.74) is 0. The lowest BCUT2D eigenvalue weighted by Crippen LogP contribution is -2.48. The van der Waals surface area contributed by atoms with E-state index in [1.807, 2.05) is 0 Å². The van der Waals surface area contributed by atoms with Crippen LogP contribution in [0.15, 0.2) is 4.99 Å². The standard InChI is InChI=1S/C8H15N2.C2H4O3/c1-10-6-2-4-8(10)9-5-3-7-10;1-5-2(3)4/h2-7H2,1H3;1H3,(H,3,4)/q+1;/p-1. The first kappa shape index (κ1) is 12.0. The van der Waals surface area contributed by atoms with Gasteiger partial charge >= 0.3 is 0 Å². The number of carbonyl (C=O) groups excluding carboxylic acids is 1. The van der Waals surface area contributed by atoms with Crippen molar-refractivity contribution in [3.8, 4) is 0 Å². The average molecular weight is 214 g/mol. The number of carboxylic acid groups (broad SMARTS) is 1. The van der Waals surface area contributed by atoms with Crippen LogP contribution in [-0.2, 0) is 4.74 Å². The van der Waals surface area contributed by atoms with E-state index in [1.54, 1.807) is 0 Å². The zero-order valence-corrected chi connectivity index (χ0v) is 9.36. The predicted octanol–water partition coefficient (Wildman–Crippen LogP) is 0.00510. The molecule has 1 fully saturated rings. The van der Waals surface area contributed by atoms with Crippen molar-refractivity contribution in [2.45, 2.75) is 19.3 Å². The van der Waals surface area contributed by atoms with E-state index in [0.29, 0.717) is 0 Å². The van der Waals surface area contributed by atoms with Crippen LogP contribution in [0.25, 0.3) is 0 Å². The molecule has 5 nitrogen and oxygen atoms in total. The maximum atomic E-state index is 9.03. The molecule has 86 valence electrons. The van der Waals surface area contributed by atoms with Crippen molar-refractivity contribution in [3.05, 3.63) is 0 Å². The van der Waals surface area contributed by atoms with E-state index >= 15 is 0 Å². The first-order valence-corrected chi connectivity index (χ1v) is 5.22. The van der Waals surface area contributed by atoms with Crippen molar-refractivity contribution in [1.29, 1.82) is 0 Å². The van der Waals surface area contributed by atoms with Crippen LogP contribution in [0.3, 0.4) is 0 Å². The fourth-order valence-corrected chi connectivity index (χ4v) is 2.10. The first-order valence-electron chi connectivity index (χ1n) is 5.22. The van der Waals surface area contributed by atoms with Gasteiger partial charge < -0.3 is 14.6 Å². The molecule has 2 rings (SSSR count). The highest BCUT2D eigenvalue weighted by Gasteiger charge is 2.36. The monoisotopic (exact) mass is 214 g/mol. The molecule has 0 amide bonds. The summed E-state index contributed by atoms with van der Waals surface area (Å²) in [6.07, 6.45) is 2.41. The second-order valence-electron chi connectivity index (χ2n) is 4.05. The quantitative estimate of drug-likeness (QED) is 0.421. The van der Waals surface area contributed by atoms with E-state index in [4.69, 9.17) is 9.90 Å². The smallest absolute Gasteiger partial charge is 0.251 e. The van der Waals surface area contributed by atoms with E-state index < -0.39 is 6.16 Å². The number of rotatable bonds is 0. The largest absolute Gasteiger partial charge is 0.553 e. The molecule has 0 spiro atoms. The number of amidine groups is 1. The van der Waals surface area contributed by atoms with Crippen molar-refractivity contribution in [2.24, 2.45) is 4.99 Å². The summed E-state index contributed by atoms with van der Waals surface area (Å²) < 4.78 is 4.72. The van der Waals surface area contributed by atoms with Crippen molar-refractivity contribution in [1.82, 2.24) is 0 Å². The molecule has 0 radical (unpaired) electrons. The Kier molecular flexibility index (Phi) is 4.08. The Morgan fingerprint density at radius 3 is 2.60 bits per heavy atom. The van der Waals surface area contributed by atoms with Crippen molar-refractivity contribution in [2.75, 3.05) is 33.8 Å². The summed E-state index contributed by atoms with van der Waals surface area (Å²) >= 11 is 0. The second-order valence-corrected chi connectivity index (χ2v) is 4.05. The van der Waals surface area contributed by atoms with Gasteiger partial charge in [0.2, 0.25) is 0 Å². The Morgan fingerprint density at radius 1 is 1.47 bits per heavy atom. The molecule has 0 aromatic carbocycles. The van der Waals surface area contributed by atoms with Crippen LogP contribution in [0.5, 0.6) is 0 Å². The van der Waals surface area contributed by atoms with Crippen LogP contribution in [0.1, 0.15) is 19.3 Å². The van der Waals surface area contributed by atoms with Gasteiger partial charge in [0.15, 0.2) is 5.84 Å². The molecule has 2 aliphatic heterocycles. The van der Waals surface area contributed by atoms with E-state index in [9.17, 15) is 0 Å². The summed E-state index contributed by atoms with van der Waals surface area (Å²) in [6, 6.07) is 0. The van der Waals surface area contributed by atoms with Crippen molar-refractivity contribution in [3.63, 3.8) is 0 Å². The Hall–Kier alpha value is -1.10. The van der Waals surface area contributed by atoms with Crippen LogP contribution < -0.4 is 5.11 Å². The number of aliphatic imine (C=N–C) groups is 1. The lowest BCUT2D eigenvalue weighted by molar-refractivity contribution is -0.816. The van der Waals surface area contributed by atoms with E-state index in [1.165, 1.54) is 42.7 Å². The second kappa shape index (κ2) is 5.11. The molecule has 2 aliphatic rings. The molecule has 0 aromatic rings. The fourth-order valence-electron chi connectivity index (χ4n) is 2.10. The highest BCUT2D eigenvalue weighted by molar-refractivity contribution is 5.77. The Balaban J connectivity index is 0.000000195. The molecular weight excluding hydrogens is 196 g/mol. The van der Waals surface area contributed by atoms with Gasteiger partial charge in [0, 0.05) is 32.9 Å². The molecule has 0 N–H and O–H groups in total. The maximum absolute atomic E-state index is 9.03. The third-order valence-corrected chi connectivity index (χ3v) is 2.95. The van der Waals surface area contributed by atoms with Gasteiger partial charge in [-0.3, -0.25) is 4.48 Å². The van der Waals surface area contributed by atoms with Gasteiger partial charge in [0.25, 0.3) is 6.16 Å². The molecule has 0 aliphatic carbocycles. The topological polar surface area (TPSA) is 61.7 Å². The SMILES string of the molecule is COC(=O)[O-].C[N+]12CCCN=C1CCC2. The zero-order chi connectivity index (χ0) is 11.3. The number of quaternary nitrogens is 1. The summed E-state index contributed by atoms with van der Waals surface area (Å²) in [5, 5.41) is 9.03. The molecule has 2 heterocycles. The Labute approximate surface area is 90.0 Å². The number of ether oxygens (including phenoxy) is 1. The van der Waals surface area contributed by atoms with Gasteiger partial charge in [-0.2, -0.15) is 0 Å². The molecular formula is C10H18N2O3. The van der Waals surface area contributed by atoms with Crippen LogP contribution in [0.2, 0.25) is 0 Å². The fraction of sp³-hybridized carbons (Fsp3) is 0.800. The molecule has 0 aromatic heterocycles. The highest BCUT2D eigenvalue weighted by atomic mass is 16.6. The van der Waals surface area contributed by atoms with Gasteiger partial charge in [-0.15, -0.1) is 0 Å². The minimum Gasteiger partial charge on any atom is -0.553 e. The van der Waals surface area contributed by atoms with Crippen molar-refractivity contribution >= 4 is 12.0 Å². The third-order valence-electron chi connectivity index (χ3n) is 2.95. The van der Waals surface area contributed by atoms with Crippen LogP contribution >= 0.6 is 0 Å². The molecule has 0 saturated carbocycles. The third kappa shape index (κ3) is 3.20.